The van der Waals surface area contributed by atoms with E-state index in [1.165, 1.54) is 0 Å². The summed E-state index contributed by atoms with van der Waals surface area (Å²) in [6.45, 7) is 8.61. The lowest BCUT2D eigenvalue weighted by atomic mass is 10.1. The van der Waals surface area contributed by atoms with Crippen LogP contribution in [0.5, 0.6) is 11.5 Å². The molecule has 0 fully saturated rings. The van der Waals surface area contributed by atoms with Gasteiger partial charge < -0.3 is 14.0 Å². The third kappa shape index (κ3) is 4.54. The number of methoxy groups -OCH3 is 1. The van der Waals surface area contributed by atoms with Gasteiger partial charge in [0.25, 0.3) is 5.91 Å². The summed E-state index contributed by atoms with van der Waals surface area (Å²) < 4.78 is 13.0. The molecule has 6 nitrogen and oxygen atoms in total. The summed E-state index contributed by atoms with van der Waals surface area (Å²) in [5, 5.41) is 4.15. The number of rotatable bonds is 7. The van der Waals surface area contributed by atoms with Crippen LogP contribution in [-0.4, -0.2) is 30.4 Å². The Balaban J connectivity index is 1.77. The van der Waals surface area contributed by atoms with E-state index in [0.29, 0.717) is 17.9 Å². The van der Waals surface area contributed by atoms with Crippen molar-refractivity contribution >= 4 is 12.1 Å². The molecule has 30 heavy (non-hydrogen) atoms. The molecule has 6 heteroatoms. The molecule has 1 aromatic heterocycles. The van der Waals surface area contributed by atoms with Gasteiger partial charge in [0.1, 0.15) is 11.5 Å². The number of hydrogen-bond acceptors (Lipinski definition) is 4. The number of benzene rings is 2. The Morgan fingerprint density at radius 3 is 2.50 bits per heavy atom. The molecule has 0 saturated carbocycles. The summed E-state index contributed by atoms with van der Waals surface area (Å²) in [6, 6.07) is 15.4. The zero-order chi connectivity index (χ0) is 21.7. The molecule has 0 radical (unpaired) electrons. The number of aromatic nitrogens is 1. The van der Waals surface area contributed by atoms with E-state index in [1.54, 1.807) is 19.4 Å². The Hall–Kier alpha value is -3.54. The fourth-order valence-electron chi connectivity index (χ4n) is 3.38. The number of carbonyl (C=O) groups excluding carboxylic acids is 1. The fraction of sp³-hybridized carbons (Fsp3) is 0.250. The average Bonchev–Trinajstić information content (AvgIpc) is 3.02. The number of amides is 1. The van der Waals surface area contributed by atoms with Gasteiger partial charge in [-0.2, -0.15) is 5.10 Å². The van der Waals surface area contributed by atoms with E-state index in [-0.39, 0.29) is 5.91 Å². The number of hydrazone groups is 1. The molecule has 1 amide bonds. The number of carbonyl (C=O) groups is 1. The van der Waals surface area contributed by atoms with E-state index < -0.39 is 0 Å². The summed E-state index contributed by atoms with van der Waals surface area (Å²) in [6.07, 6.45) is 1.66. The van der Waals surface area contributed by atoms with Crippen LogP contribution in [-0.2, 0) is 0 Å². The van der Waals surface area contributed by atoms with Crippen LogP contribution in [0.1, 0.15) is 39.8 Å². The lowest BCUT2D eigenvalue weighted by Crippen LogP contribution is -2.18. The molecule has 0 bridgehead atoms. The third-order valence-electron chi connectivity index (χ3n) is 4.85. The molecular formula is C24H27N3O3. The summed E-state index contributed by atoms with van der Waals surface area (Å²) in [4.78, 5) is 12.5. The molecule has 2 aromatic carbocycles. The van der Waals surface area contributed by atoms with Gasteiger partial charge in [-0.1, -0.05) is 6.07 Å². The zero-order valence-corrected chi connectivity index (χ0v) is 18.0. The Morgan fingerprint density at radius 2 is 1.83 bits per heavy atom. The van der Waals surface area contributed by atoms with Crippen LogP contribution < -0.4 is 14.9 Å². The molecular weight excluding hydrogens is 378 g/mol. The van der Waals surface area contributed by atoms with Crippen LogP contribution in [0.4, 0.5) is 0 Å². The monoisotopic (exact) mass is 405 g/mol. The lowest BCUT2D eigenvalue weighted by Gasteiger charge is -2.11. The van der Waals surface area contributed by atoms with Gasteiger partial charge in [-0.25, -0.2) is 5.43 Å². The molecule has 156 valence electrons. The molecule has 0 aliphatic rings. The van der Waals surface area contributed by atoms with Crippen molar-refractivity contribution in [2.45, 2.75) is 27.7 Å². The van der Waals surface area contributed by atoms with Crippen LogP contribution in [0, 0.1) is 20.8 Å². The molecule has 0 unspecified atom stereocenters. The minimum atomic E-state index is -0.316. The second kappa shape index (κ2) is 9.31. The molecule has 1 N–H and O–H groups in total. The maximum Gasteiger partial charge on any atom is 0.275 e. The molecule has 0 aliphatic carbocycles. The Bertz CT molecular complexity index is 1070. The van der Waals surface area contributed by atoms with Gasteiger partial charge in [0.2, 0.25) is 0 Å². The predicted molar refractivity (Wildman–Crippen MR) is 119 cm³/mol. The summed E-state index contributed by atoms with van der Waals surface area (Å²) in [7, 11) is 1.55. The van der Waals surface area contributed by atoms with E-state index in [1.807, 2.05) is 70.2 Å². The minimum Gasteiger partial charge on any atom is -0.496 e. The number of nitrogens with one attached hydrogen (secondary N) is 1. The van der Waals surface area contributed by atoms with Crippen molar-refractivity contribution in [2.24, 2.45) is 5.10 Å². The van der Waals surface area contributed by atoms with Crippen molar-refractivity contribution in [1.29, 1.82) is 0 Å². The van der Waals surface area contributed by atoms with E-state index >= 15 is 0 Å². The molecule has 0 aliphatic heterocycles. The van der Waals surface area contributed by atoms with E-state index in [9.17, 15) is 4.79 Å². The average molecular weight is 405 g/mol. The molecule has 0 spiro atoms. The van der Waals surface area contributed by atoms with Crippen molar-refractivity contribution < 1.29 is 14.3 Å². The first kappa shape index (κ1) is 21.2. The largest absolute Gasteiger partial charge is 0.496 e. The maximum absolute atomic E-state index is 12.5. The van der Waals surface area contributed by atoms with Crippen molar-refractivity contribution in [1.82, 2.24) is 9.99 Å². The van der Waals surface area contributed by atoms with Gasteiger partial charge in [0.15, 0.2) is 0 Å². The van der Waals surface area contributed by atoms with E-state index in [4.69, 9.17) is 9.47 Å². The van der Waals surface area contributed by atoms with Crippen LogP contribution in [0.15, 0.2) is 53.6 Å². The Kier molecular flexibility index (Phi) is 6.57. The highest BCUT2D eigenvalue weighted by Gasteiger charge is 2.12. The minimum absolute atomic E-state index is 0.316. The first-order chi connectivity index (χ1) is 14.4. The van der Waals surface area contributed by atoms with Gasteiger partial charge >= 0.3 is 0 Å². The third-order valence-corrected chi connectivity index (χ3v) is 4.85. The second-order valence-electron chi connectivity index (χ2n) is 6.99. The Labute approximate surface area is 177 Å². The SMILES string of the molecule is CCOc1ccc(-n2c(C)cc(/C=N\NC(=O)c3ccc(C)cc3OC)c2C)cc1. The van der Waals surface area contributed by atoms with Crippen LogP contribution in [0.3, 0.4) is 0 Å². The lowest BCUT2D eigenvalue weighted by molar-refractivity contribution is 0.0952. The quantitative estimate of drug-likeness (QED) is 0.462. The van der Waals surface area contributed by atoms with Gasteiger partial charge in [0.05, 0.1) is 25.5 Å². The second-order valence-corrected chi connectivity index (χ2v) is 6.99. The number of hydrogen-bond donors (Lipinski definition) is 1. The molecule has 1 heterocycles. The standard InChI is InChI=1S/C24H27N3O3/c1-6-30-21-10-8-20(9-11-21)27-17(3)14-19(18(27)4)15-25-26-24(28)22-12-7-16(2)13-23(22)29-5/h7-15H,6H2,1-5H3,(H,26,28)/b25-15-. The van der Waals surface area contributed by atoms with Crippen LogP contribution in [0.25, 0.3) is 5.69 Å². The predicted octanol–water partition coefficient (Wildman–Crippen LogP) is 4.57. The highest BCUT2D eigenvalue weighted by Crippen LogP contribution is 2.22. The molecule has 0 saturated heterocycles. The van der Waals surface area contributed by atoms with E-state index in [2.05, 4.69) is 15.1 Å². The topological polar surface area (TPSA) is 64.8 Å². The van der Waals surface area contributed by atoms with E-state index in [0.717, 1.165) is 34.0 Å². The smallest absolute Gasteiger partial charge is 0.275 e. The van der Waals surface area contributed by atoms with Crippen molar-refractivity contribution in [3.63, 3.8) is 0 Å². The first-order valence-electron chi connectivity index (χ1n) is 9.84. The number of ether oxygens (including phenoxy) is 2. The van der Waals surface area contributed by atoms with Gasteiger partial charge in [-0.3, -0.25) is 4.79 Å². The van der Waals surface area contributed by atoms with Crippen molar-refractivity contribution in [2.75, 3.05) is 13.7 Å². The summed E-state index contributed by atoms with van der Waals surface area (Å²) >= 11 is 0. The number of aryl methyl sites for hydroxylation is 2. The summed E-state index contributed by atoms with van der Waals surface area (Å²) in [5.41, 5.74) is 8.13. The normalized spacial score (nSPS) is 11.0. The zero-order valence-electron chi connectivity index (χ0n) is 18.0. The summed E-state index contributed by atoms with van der Waals surface area (Å²) in [5.74, 6) is 1.06. The Morgan fingerprint density at radius 1 is 1.10 bits per heavy atom. The highest BCUT2D eigenvalue weighted by atomic mass is 16.5. The van der Waals surface area contributed by atoms with Crippen LogP contribution >= 0.6 is 0 Å². The first-order valence-corrected chi connectivity index (χ1v) is 9.84. The maximum atomic E-state index is 12.5. The van der Waals surface area contributed by atoms with Gasteiger partial charge in [-0.15, -0.1) is 0 Å². The number of nitrogens with zero attached hydrogens (tertiary/aromatic N) is 2. The van der Waals surface area contributed by atoms with Gasteiger partial charge in [0, 0.05) is 22.6 Å². The highest BCUT2D eigenvalue weighted by molar-refractivity contribution is 5.97. The van der Waals surface area contributed by atoms with Crippen molar-refractivity contribution in [3.05, 3.63) is 76.6 Å². The molecule has 3 aromatic rings. The van der Waals surface area contributed by atoms with Gasteiger partial charge in [-0.05, 0) is 75.7 Å². The van der Waals surface area contributed by atoms with Crippen LogP contribution in [0.2, 0.25) is 0 Å². The van der Waals surface area contributed by atoms with Crippen molar-refractivity contribution in [3.8, 4) is 17.2 Å². The fourth-order valence-corrected chi connectivity index (χ4v) is 3.38. The molecule has 0 atom stereocenters. The molecule has 3 rings (SSSR count).